The minimum atomic E-state index is -0.988. The largest absolute Gasteiger partial charge is 0.447 e. The Morgan fingerprint density at radius 2 is 1.33 bits per heavy atom. The van der Waals surface area contributed by atoms with Crippen molar-refractivity contribution in [3.8, 4) is 0 Å². The predicted molar refractivity (Wildman–Crippen MR) is 80.9 cm³/mol. The maximum Gasteiger partial charge on any atom is 0.447 e. The van der Waals surface area contributed by atoms with E-state index in [9.17, 15) is 18.4 Å². The van der Waals surface area contributed by atoms with Gasteiger partial charge in [-0.3, -0.25) is 9.68 Å². The zero-order valence-corrected chi connectivity index (χ0v) is 13.5. The molecule has 0 N–H and O–H groups in total. The van der Waals surface area contributed by atoms with Gasteiger partial charge in [-0.25, -0.2) is 27.0 Å². The third-order valence-corrected chi connectivity index (χ3v) is 2.65. The van der Waals surface area contributed by atoms with Gasteiger partial charge in [0.15, 0.2) is 0 Å². The highest BCUT2D eigenvalue weighted by molar-refractivity contribution is 7.97. The molecule has 2 amide bonds. The van der Waals surface area contributed by atoms with Crippen molar-refractivity contribution in [2.24, 2.45) is 10.3 Å². The van der Waals surface area contributed by atoms with Crippen LogP contribution in [0.15, 0.2) is 10.3 Å². The standard InChI is InChI=1S/C8H12F2N4O4S3/c1-13(7(15)17-11-5(19)3-9)21-14(2)8(16)18-12-6(20)4-10/h3-4H2,1-2H3,(H,11,19)(H,12,20). The first-order chi connectivity index (χ1) is 9.81. The van der Waals surface area contributed by atoms with Crippen molar-refractivity contribution in [2.45, 2.75) is 0 Å². The maximum atomic E-state index is 12.0. The van der Waals surface area contributed by atoms with Crippen molar-refractivity contribution < 1.29 is 28.0 Å². The van der Waals surface area contributed by atoms with Gasteiger partial charge in [-0.15, -0.1) is 25.3 Å². The number of rotatable bonds is 6. The molecule has 8 nitrogen and oxygen atoms in total. The highest BCUT2D eigenvalue weighted by atomic mass is 32.2. The molecule has 21 heavy (non-hydrogen) atoms. The molecule has 0 aliphatic carbocycles. The minimum absolute atomic E-state index is 0.323. The Morgan fingerprint density at radius 1 is 1.00 bits per heavy atom. The second kappa shape index (κ2) is 10.5. The monoisotopic (exact) mass is 362 g/mol. The SMILES string of the molecule is CN(SN(C)C(=O)O/N=C(/S)CF)C(=O)O/N=C(/S)CF. The summed E-state index contributed by atoms with van der Waals surface area (Å²) in [6, 6.07) is 0. The molecule has 0 aromatic rings. The van der Waals surface area contributed by atoms with Crippen molar-refractivity contribution in [2.75, 3.05) is 27.4 Å². The summed E-state index contributed by atoms with van der Waals surface area (Å²) in [5, 5.41) is 5.51. The number of hydrogen-bond acceptors (Lipinski definition) is 7. The first-order valence-corrected chi connectivity index (χ1v) is 6.65. The second-order valence-corrected chi connectivity index (χ2v) is 5.36. The number of halogens is 2. The Bertz CT molecular complexity index is 400. The molecule has 13 heteroatoms. The van der Waals surface area contributed by atoms with E-state index in [4.69, 9.17) is 0 Å². The second-order valence-electron chi connectivity index (χ2n) is 3.07. The van der Waals surface area contributed by atoms with Crippen LogP contribution in [0.5, 0.6) is 0 Å². The van der Waals surface area contributed by atoms with E-state index >= 15 is 0 Å². The molecule has 0 radical (unpaired) electrons. The molecule has 0 saturated heterocycles. The molecular formula is C8H12F2N4O4S3. The molecule has 0 aliphatic heterocycles. The number of nitrogens with zero attached hydrogens (tertiary/aromatic N) is 4. The molecule has 0 fully saturated rings. The number of carbonyl (C=O) groups is 2. The fourth-order valence-corrected chi connectivity index (χ4v) is 1.25. The Labute approximate surface area is 134 Å². The summed E-state index contributed by atoms with van der Waals surface area (Å²) in [6.07, 6.45) is -1.97. The number of amides is 2. The van der Waals surface area contributed by atoms with E-state index in [0.29, 0.717) is 12.1 Å². The van der Waals surface area contributed by atoms with Crippen LogP contribution in [0.3, 0.4) is 0 Å². The molecule has 0 aliphatic rings. The molecule has 0 spiro atoms. The zero-order valence-electron chi connectivity index (χ0n) is 10.9. The van der Waals surface area contributed by atoms with Crippen molar-refractivity contribution in [3.05, 3.63) is 0 Å². The van der Waals surface area contributed by atoms with E-state index in [1.165, 1.54) is 14.1 Å². The number of alkyl halides is 2. The number of carbonyl (C=O) groups excluding carboxylic acids is 2. The summed E-state index contributed by atoms with van der Waals surface area (Å²) in [4.78, 5) is 31.4. The van der Waals surface area contributed by atoms with E-state index < -0.39 is 25.5 Å². The minimum Gasteiger partial charge on any atom is -0.296 e. The Hall–Kier alpha value is -1.21. The van der Waals surface area contributed by atoms with E-state index in [1.807, 2.05) is 0 Å². The van der Waals surface area contributed by atoms with Crippen LogP contribution in [-0.4, -0.2) is 58.3 Å². The van der Waals surface area contributed by atoms with Crippen LogP contribution in [0.2, 0.25) is 0 Å². The third-order valence-electron chi connectivity index (χ3n) is 1.46. The fourth-order valence-electron chi connectivity index (χ4n) is 0.598. The van der Waals surface area contributed by atoms with Crippen LogP contribution in [0.25, 0.3) is 0 Å². The summed E-state index contributed by atoms with van der Waals surface area (Å²) >= 11 is 7.71. The predicted octanol–water partition coefficient (Wildman–Crippen LogP) is 2.11. The van der Waals surface area contributed by atoms with Crippen molar-refractivity contribution >= 4 is 59.7 Å². The Balaban J connectivity index is 4.33. The summed E-state index contributed by atoms with van der Waals surface area (Å²) in [5.41, 5.74) is 0. The first-order valence-electron chi connectivity index (χ1n) is 5.02. The van der Waals surface area contributed by atoms with Crippen LogP contribution in [0.4, 0.5) is 18.4 Å². The van der Waals surface area contributed by atoms with Gasteiger partial charge in [-0.05, 0) is 0 Å². The van der Waals surface area contributed by atoms with E-state index in [1.54, 1.807) is 0 Å². The van der Waals surface area contributed by atoms with Gasteiger partial charge in [-0.2, -0.15) is 0 Å². The molecule has 0 unspecified atom stereocenters. The summed E-state index contributed by atoms with van der Waals surface area (Å²) in [5.74, 6) is 0. The van der Waals surface area contributed by atoms with Gasteiger partial charge < -0.3 is 0 Å². The van der Waals surface area contributed by atoms with Crippen LogP contribution in [-0.2, 0) is 9.68 Å². The van der Waals surface area contributed by atoms with Gasteiger partial charge in [0.2, 0.25) is 0 Å². The molecule has 0 saturated carbocycles. The van der Waals surface area contributed by atoms with Gasteiger partial charge in [-0.1, -0.05) is 10.3 Å². The average molecular weight is 362 g/mol. The van der Waals surface area contributed by atoms with Gasteiger partial charge in [0.1, 0.15) is 23.4 Å². The quantitative estimate of drug-likeness (QED) is 0.189. The van der Waals surface area contributed by atoms with Crippen LogP contribution in [0.1, 0.15) is 0 Å². The summed E-state index contributed by atoms with van der Waals surface area (Å²) < 4.78 is 25.7. The molecule has 0 aromatic carbocycles. The average Bonchev–Trinajstić information content (AvgIpc) is 2.48. The molecule has 0 aromatic heterocycles. The van der Waals surface area contributed by atoms with Crippen LogP contribution in [0, 0.1) is 0 Å². The van der Waals surface area contributed by atoms with Gasteiger partial charge in [0, 0.05) is 14.1 Å². The molecule has 0 heterocycles. The lowest BCUT2D eigenvalue weighted by atomic mass is 10.8. The smallest absolute Gasteiger partial charge is 0.296 e. The van der Waals surface area contributed by atoms with Crippen molar-refractivity contribution in [3.63, 3.8) is 0 Å². The lowest BCUT2D eigenvalue weighted by molar-refractivity contribution is 0.131. The molecule has 0 rings (SSSR count). The van der Waals surface area contributed by atoms with Crippen molar-refractivity contribution in [1.29, 1.82) is 0 Å². The van der Waals surface area contributed by atoms with Crippen LogP contribution < -0.4 is 0 Å². The number of hydrogen-bond donors (Lipinski definition) is 2. The van der Waals surface area contributed by atoms with Gasteiger partial charge in [0.25, 0.3) is 0 Å². The third kappa shape index (κ3) is 8.62. The molecular weight excluding hydrogens is 350 g/mol. The van der Waals surface area contributed by atoms with Crippen molar-refractivity contribution in [1.82, 2.24) is 8.61 Å². The fraction of sp³-hybridized carbons (Fsp3) is 0.500. The first kappa shape index (κ1) is 19.8. The molecule has 120 valence electrons. The van der Waals surface area contributed by atoms with E-state index in [2.05, 4.69) is 45.2 Å². The topological polar surface area (TPSA) is 83.8 Å². The van der Waals surface area contributed by atoms with Crippen LogP contribution >= 0.6 is 37.4 Å². The summed E-state index contributed by atoms with van der Waals surface area (Å²) in [7, 11) is 2.52. The normalized spacial score (nSPS) is 11.9. The number of thiol groups is 2. The summed E-state index contributed by atoms with van der Waals surface area (Å²) in [6.45, 7) is -1.98. The Kier molecular flexibility index (Phi) is 9.90. The highest BCUT2D eigenvalue weighted by Crippen LogP contribution is 2.14. The van der Waals surface area contributed by atoms with E-state index in [-0.39, 0.29) is 10.1 Å². The lowest BCUT2D eigenvalue weighted by Crippen LogP contribution is -2.28. The van der Waals surface area contributed by atoms with Gasteiger partial charge >= 0.3 is 12.2 Å². The Morgan fingerprint density at radius 3 is 1.62 bits per heavy atom. The maximum absolute atomic E-state index is 12.0. The number of oxime groups is 2. The van der Waals surface area contributed by atoms with Gasteiger partial charge in [0.05, 0.1) is 12.1 Å². The molecule has 0 bridgehead atoms. The molecule has 0 atom stereocenters. The van der Waals surface area contributed by atoms with E-state index in [0.717, 1.165) is 8.61 Å². The highest BCUT2D eigenvalue weighted by Gasteiger charge is 2.19. The lowest BCUT2D eigenvalue weighted by Gasteiger charge is -2.19. The zero-order chi connectivity index (χ0) is 16.4.